The van der Waals surface area contributed by atoms with Crippen LogP contribution in [0, 0.1) is 0 Å². The zero-order chi connectivity index (χ0) is 14.5. The van der Waals surface area contributed by atoms with Crippen molar-refractivity contribution in [2.75, 3.05) is 19.3 Å². The van der Waals surface area contributed by atoms with Gasteiger partial charge < -0.3 is 5.73 Å². The van der Waals surface area contributed by atoms with Gasteiger partial charge in [0.1, 0.15) is 4.21 Å². The Morgan fingerprint density at radius 1 is 1.16 bits per heavy atom. The number of nitrogens with two attached hydrogens (primary N) is 1. The van der Waals surface area contributed by atoms with Crippen LogP contribution in [0.2, 0.25) is 0 Å². The maximum absolute atomic E-state index is 11.8. The Hall–Kier alpha value is -0.520. The van der Waals surface area contributed by atoms with Crippen molar-refractivity contribution >= 4 is 31.4 Å². The Kier molecular flexibility index (Phi) is 5.89. The third kappa shape index (κ3) is 5.97. The van der Waals surface area contributed by atoms with E-state index in [1.165, 1.54) is 6.07 Å². The average molecular weight is 327 g/mol. The van der Waals surface area contributed by atoms with Crippen molar-refractivity contribution in [2.45, 2.75) is 17.2 Å². The fourth-order valence-electron chi connectivity index (χ4n) is 1.24. The molecule has 10 heteroatoms. The highest BCUT2D eigenvalue weighted by Gasteiger charge is 2.15. The monoisotopic (exact) mass is 327 g/mol. The molecule has 0 aliphatic heterocycles. The lowest BCUT2D eigenvalue weighted by atomic mass is 10.4. The number of thiophene rings is 1. The van der Waals surface area contributed by atoms with Crippen LogP contribution in [-0.2, 0) is 26.6 Å². The fourth-order valence-corrected chi connectivity index (χ4v) is 4.10. The van der Waals surface area contributed by atoms with E-state index in [-0.39, 0.29) is 17.3 Å². The predicted molar refractivity (Wildman–Crippen MR) is 74.9 cm³/mol. The molecule has 0 saturated heterocycles. The van der Waals surface area contributed by atoms with Crippen molar-refractivity contribution < 1.29 is 16.8 Å². The summed E-state index contributed by atoms with van der Waals surface area (Å²) >= 11 is 1.12. The molecule has 0 aliphatic carbocycles. The van der Waals surface area contributed by atoms with Gasteiger partial charge in [-0.05, 0) is 18.6 Å². The van der Waals surface area contributed by atoms with Crippen molar-refractivity contribution in [3.8, 4) is 0 Å². The van der Waals surface area contributed by atoms with Crippen molar-refractivity contribution in [2.24, 2.45) is 5.73 Å². The van der Waals surface area contributed by atoms with Gasteiger partial charge in [0.2, 0.25) is 20.0 Å². The molecule has 4 N–H and O–H groups in total. The Labute approximate surface area is 117 Å². The van der Waals surface area contributed by atoms with E-state index < -0.39 is 20.0 Å². The molecule has 0 aromatic carbocycles. The number of nitrogens with one attached hydrogen (secondary N) is 2. The number of hydrogen-bond acceptors (Lipinski definition) is 6. The van der Waals surface area contributed by atoms with Crippen molar-refractivity contribution in [3.63, 3.8) is 0 Å². The predicted octanol–water partition coefficient (Wildman–Crippen LogP) is -0.576. The lowest BCUT2D eigenvalue weighted by Crippen LogP contribution is -2.29. The van der Waals surface area contributed by atoms with Gasteiger partial charge in [0.05, 0.1) is 6.26 Å². The van der Waals surface area contributed by atoms with E-state index in [0.717, 1.165) is 22.5 Å². The van der Waals surface area contributed by atoms with Crippen LogP contribution in [0.4, 0.5) is 0 Å². The number of sulfonamides is 2. The molecule has 1 aromatic rings. The van der Waals surface area contributed by atoms with Crippen molar-refractivity contribution in [3.05, 3.63) is 17.0 Å². The highest BCUT2D eigenvalue weighted by Crippen LogP contribution is 2.20. The molecule has 19 heavy (non-hydrogen) atoms. The first kappa shape index (κ1) is 16.5. The molecule has 0 amide bonds. The van der Waals surface area contributed by atoms with Crippen molar-refractivity contribution in [1.29, 1.82) is 0 Å². The lowest BCUT2D eigenvalue weighted by Gasteiger charge is -2.05. The molecule has 0 unspecified atom stereocenters. The van der Waals surface area contributed by atoms with Crippen LogP contribution in [0.15, 0.2) is 16.3 Å². The van der Waals surface area contributed by atoms with E-state index >= 15 is 0 Å². The molecule has 0 saturated carbocycles. The summed E-state index contributed by atoms with van der Waals surface area (Å²) in [6, 6.07) is 3.17. The van der Waals surface area contributed by atoms with Crippen molar-refractivity contribution in [1.82, 2.24) is 9.44 Å². The smallest absolute Gasteiger partial charge is 0.250 e. The highest BCUT2D eigenvalue weighted by atomic mass is 32.2. The molecule has 0 spiro atoms. The van der Waals surface area contributed by atoms with Gasteiger partial charge in [0.15, 0.2) is 0 Å². The number of hydrogen-bond donors (Lipinski definition) is 3. The second-order valence-electron chi connectivity index (χ2n) is 3.84. The standard InChI is InChI=1S/C9H17N3O4S3/c1-18(13,14)11-5-2-6-12-19(15,16)9-4-3-8(7-10)17-9/h3-4,11-12H,2,5-7,10H2,1H3. The average Bonchev–Trinajstić information content (AvgIpc) is 2.76. The summed E-state index contributed by atoms with van der Waals surface area (Å²) in [6.45, 7) is 0.666. The Bertz CT molecular complexity index is 606. The summed E-state index contributed by atoms with van der Waals surface area (Å²) in [5.74, 6) is 0. The van der Waals surface area contributed by atoms with Crippen LogP contribution < -0.4 is 15.2 Å². The molecule has 0 aliphatic rings. The van der Waals surface area contributed by atoms with Gasteiger partial charge in [-0.1, -0.05) is 0 Å². The first-order valence-electron chi connectivity index (χ1n) is 5.48. The van der Waals surface area contributed by atoms with Crippen LogP contribution in [-0.4, -0.2) is 36.2 Å². The van der Waals surface area contributed by atoms with Gasteiger partial charge in [-0.3, -0.25) is 0 Å². The molecule has 0 radical (unpaired) electrons. The third-order valence-corrected chi connectivity index (χ3v) is 5.90. The van der Waals surface area contributed by atoms with Crippen LogP contribution >= 0.6 is 11.3 Å². The molecular weight excluding hydrogens is 310 g/mol. The topological polar surface area (TPSA) is 118 Å². The highest BCUT2D eigenvalue weighted by molar-refractivity contribution is 7.91. The Balaban J connectivity index is 2.43. The van der Waals surface area contributed by atoms with Gasteiger partial charge in [0, 0.05) is 24.5 Å². The minimum Gasteiger partial charge on any atom is -0.326 e. The molecule has 1 rings (SSSR count). The van der Waals surface area contributed by atoms with Gasteiger partial charge in [-0.25, -0.2) is 26.3 Å². The Morgan fingerprint density at radius 2 is 1.79 bits per heavy atom. The summed E-state index contributed by atoms with van der Waals surface area (Å²) in [4.78, 5) is 0.791. The van der Waals surface area contributed by atoms with E-state index in [9.17, 15) is 16.8 Å². The van der Waals surface area contributed by atoms with Gasteiger partial charge in [-0.2, -0.15) is 0 Å². The Morgan fingerprint density at radius 3 is 2.32 bits per heavy atom. The van der Waals surface area contributed by atoms with Crippen LogP contribution in [0.3, 0.4) is 0 Å². The normalized spacial score (nSPS) is 12.7. The molecule has 0 bridgehead atoms. The van der Waals surface area contributed by atoms with E-state index in [4.69, 9.17) is 5.73 Å². The second kappa shape index (κ2) is 6.77. The summed E-state index contributed by atoms with van der Waals surface area (Å²) in [7, 11) is -6.76. The maximum Gasteiger partial charge on any atom is 0.250 e. The van der Waals surface area contributed by atoms with Gasteiger partial charge in [0.25, 0.3) is 0 Å². The summed E-state index contributed by atoms with van der Waals surface area (Å²) in [5.41, 5.74) is 5.42. The summed E-state index contributed by atoms with van der Waals surface area (Å²) in [6.07, 6.45) is 1.43. The molecule has 0 fully saturated rings. The summed E-state index contributed by atoms with van der Waals surface area (Å²) < 4.78 is 50.2. The summed E-state index contributed by atoms with van der Waals surface area (Å²) in [5, 5.41) is 0. The molecule has 0 atom stereocenters. The molecule has 1 heterocycles. The molecule has 7 nitrogen and oxygen atoms in total. The lowest BCUT2D eigenvalue weighted by molar-refractivity contribution is 0.576. The van der Waals surface area contributed by atoms with Crippen LogP contribution in [0.5, 0.6) is 0 Å². The minimum absolute atomic E-state index is 0.167. The maximum atomic E-state index is 11.8. The zero-order valence-corrected chi connectivity index (χ0v) is 12.9. The first-order chi connectivity index (χ1) is 8.74. The second-order valence-corrected chi connectivity index (χ2v) is 8.84. The minimum atomic E-state index is -3.53. The molecular formula is C9H17N3O4S3. The largest absolute Gasteiger partial charge is 0.326 e. The quantitative estimate of drug-likeness (QED) is 0.552. The number of rotatable bonds is 8. The van der Waals surface area contributed by atoms with Gasteiger partial charge >= 0.3 is 0 Å². The van der Waals surface area contributed by atoms with Gasteiger partial charge in [-0.15, -0.1) is 11.3 Å². The fraction of sp³-hybridized carbons (Fsp3) is 0.556. The van der Waals surface area contributed by atoms with E-state index in [1.54, 1.807) is 6.07 Å². The molecule has 1 aromatic heterocycles. The van der Waals surface area contributed by atoms with E-state index in [1.807, 2.05) is 0 Å². The van der Waals surface area contributed by atoms with E-state index in [0.29, 0.717) is 13.0 Å². The van der Waals surface area contributed by atoms with Crippen LogP contribution in [0.1, 0.15) is 11.3 Å². The molecule has 110 valence electrons. The zero-order valence-electron chi connectivity index (χ0n) is 10.4. The van der Waals surface area contributed by atoms with E-state index in [2.05, 4.69) is 9.44 Å². The first-order valence-corrected chi connectivity index (χ1v) is 9.67. The third-order valence-electron chi connectivity index (χ3n) is 2.11. The van der Waals surface area contributed by atoms with Crippen LogP contribution in [0.25, 0.3) is 0 Å². The SMILES string of the molecule is CS(=O)(=O)NCCCNS(=O)(=O)c1ccc(CN)s1.